The van der Waals surface area contributed by atoms with Crippen molar-refractivity contribution in [2.75, 3.05) is 13.2 Å². The van der Waals surface area contributed by atoms with Gasteiger partial charge in [0.2, 0.25) is 0 Å². The largest absolute Gasteiger partial charge is 0.380 e. The lowest BCUT2D eigenvalue weighted by atomic mass is 9.86. The first-order valence-corrected chi connectivity index (χ1v) is 2.64. The van der Waals surface area contributed by atoms with Crippen molar-refractivity contribution in [1.82, 2.24) is 0 Å². The summed E-state index contributed by atoms with van der Waals surface area (Å²) in [5.74, 6) is 0. The maximum atomic E-state index is 4.99. The molecule has 0 N–H and O–H groups in total. The molecule has 0 amide bonds. The number of rotatable bonds is 1. The van der Waals surface area contributed by atoms with Gasteiger partial charge in [0.25, 0.3) is 0 Å². The zero-order valence-electron chi connectivity index (χ0n) is 4.74. The molecule has 41 valence electrons. The van der Waals surface area contributed by atoms with Gasteiger partial charge in [-0.05, 0) is 6.42 Å². The van der Waals surface area contributed by atoms with Gasteiger partial charge in [0.1, 0.15) is 0 Å². The number of hydrogen-bond donors (Lipinski definition) is 0. The van der Waals surface area contributed by atoms with Crippen LogP contribution in [0.25, 0.3) is 0 Å². The Hall–Kier alpha value is -0.0400. The second-order valence-corrected chi connectivity index (χ2v) is 2.55. The molecule has 1 aliphatic heterocycles. The van der Waals surface area contributed by atoms with Crippen LogP contribution in [0.1, 0.15) is 13.3 Å². The van der Waals surface area contributed by atoms with E-state index in [4.69, 9.17) is 4.74 Å². The fraction of sp³-hybridized carbons (Fsp3) is 0.833. The minimum atomic E-state index is 0.431. The molecular weight excluding hydrogens is 88.1 g/mol. The Balaban J connectivity index is 2.29. The van der Waals surface area contributed by atoms with Crippen molar-refractivity contribution in [3.63, 3.8) is 0 Å². The van der Waals surface area contributed by atoms with E-state index in [9.17, 15) is 0 Å². The molecule has 0 bridgehead atoms. The summed E-state index contributed by atoms with van der Waals surface area (Å²) in [7, 11) is 0. The molecule has 1 saturated heterocycles. The summed E-state index contributed by atoms with van der Waals surface area (Å²) in [6.45, 7) is 7.82. The van der Waals surface area contributed by atoms with Crippen LogP contribution in [0.2, 0.25) is 0 Å². The summed E-state index contributed by atoms with van der Waals surface area (Å²) in [5, 5.41) is 0. The smallest absolute Gasteiger partial charge is 0.0542 e. The monoisotopic (exact) mass is 99.1 g/mol. The Kier molecular flexibility index (Phi) is 1.08. The van der Waals surface area contributed by atoms with Gasteiger partial charge in [-0.25, -0.2) is 0 Å². The average Bonchev–Trinajstić information content (AvgIpc) is 1.61. The molecule has 0 aliphatic carbocycles. The highest BCUT2D eigenvalue weighted by molar-refractivity contribution is 4.80. The van der Waals surface area contributed by atoms with E-state index in [0.29, 0.717) is 5.41 Å². The standard InChI is InChI=1S/C6H11O/c1-3-6(2)4-7-5-6/h1,3-5H2,2H3. The second-order valence-electron chi connectivity index (χ2n) is 2.55. The molecule has 1 fully saturated rings. The van der Waals surface area contributed by atoms with E-state index >= 15 is 0 Å². The van der Waals surface area contributed by atoms with Crippen LogP contribution >= 0.6 is 0 Å². The first-order valence-electron chi connectivity index (χ1n) is 2.64. The zero-order valence-corrected chi connectivity index (χ0v) is 4.74. The minimum Gasteiger partial charge on any atom is -0.380 e. The molecule has 0 aromatic heterocycles. The van der Waals surface area contributed by atoms with Gasteiger partial charge in [0.15, 0.2) is 0 Å². The lowest BCUT2D eigenvalue weighted by molar-refractivity contribution is -0.0993. The van der Waals surface area contributed by atoms with Crippen LogP contribution in [0.4, 0.5) is 0 Å². The van der Waals surface area contributed by atoms with Crippen LogP contribution in [0.3, 0.4) is 0 Å². The van der Waals surface area contributed by atoms with E-state index in [1.807, 2.05) is 0 Å². The Bertz CT molecular complexity index is 59.1. The van der Waals surface area contributed by atoms with E-state index in [2.05, 4.69) is 13.8 Å². The summed E-state index contributed by atoms with van der Waals surface area (Å²) in [4.78, 5) is 0. The quantitative estimate of drug-likeness (QED) is 0.480. The van der Waals surface area contributed by atoms with Gasteiger partial charge in [0.05, 0.1) is 13.2 Å². The Morgan fingerprint density at radius 2 is 2.29 bits per heavy atom. The second kappa shape index (κ2) is 1.48. The molecule has 1 rings (SSSR count). The van der Waals surface area contributed by atoms with Gasteiger partial charge < -0.3 is 4.74 Å². The topological polar surface area (TPSA) is 9.23 Å². The fourth-order valence-corrected chi connectivity index (χ4v) is 0.595. The Labute approximate surface area is 44.7 Å². The van der Waals surface area contributed by atoms with Gasteiger partial charge in [0, 0.05) is 5.41 Å². The first-order chi connectivity index (χ1) is 3.27. The fourth-order valence-electron chi connectivity index (χ4n) is 0.595. The Morgan fingerprint density at radius 1 is 1.71 bits per heavy atom. The van der Waals surface area contributed by atoms with Crippen molar-refractivity contribution in [2.24, 2.45) is 5.41 Å². The zero-order chi connectivity index (χ0) is 5.33. The first kappa shape index (κ1) is 5.10. The summed E-state index contributed by atoms with van der Waals surface area (Å²) >= 11 is 0. The molecule has 0 aromatic carbocycles. The van der Waals surface area contributed by atoms with Crippen molar-refractivity contribution < 1.29 is 4.74 Å². The van der Waals surface area contributed by atoms with Crippen molar-refractivity contribution in [1.29, 1.82) is 0 Å². The molecule has 0 aromatic rings. The molecule has 1 heteroatoms. The molecule has 1 radical (unpaired) electrons. The third-order valence-corrected chi connectivity index (χ3v) is 1.50. The van der Waals surface area contributed by atoms with Gasteiger partial charge >= 0.3 is 0 Å². The van der Waals surface area contributed by atoms with Crippen LogP contribution in [0.15, 0.2) is 0 Å². The number of ether oxygens (including phenoxy) is 1. The molecule has 0 unspecified atom stereocenters. The normalized spacial score (nSPS) is 26.6. The molecule has 1 aliphatic rings. The Morgan fingerprint density at radius 3 is 2.29 bits per heavy atom. The van der Waals surface area contributed by atoms with Crippen molar-refractivity contribution >= 4 is 0 Å². The van der Waals surface area contributed by atoms with E-state index in [0.717, 1.165) is 19.6 Å². The molecular formula is C6H11O. The van der Waals surface area contributed by atoms with Crippen LogP contribution in [-0.2, 0) is 4.74 Å². The number of hydrogen-bond acceptors (Lipinski definition) is 1. The predicted molar refractivity (Wildman–Crippen MR) is 28.9 cm³/mol. The van der Waals surface area contributed by atoms with E-state index in [1.54, 1.807) is 0 Å². The lowest BCUT2D eigenvalue weighted by Crippen LogP contribution is -2.38. The molecule has 1 heterocycles. The van der Waals surface area contributed by atoms with E-state index in [1.165, 1.54) is 0 Å². The van der Waals surface area contributed by atoms with Crippen LogP contribution < -0.4 is 0 Å². The highest BCUT2D eigenvalue weighted by Gasteiger charge is 2.30. The maximum Gasteiger partial charge on any atom is 0.0542 e. The van der Waals surface area contributed by atoms with Gasteiger partial charge in [-0.15, -0.1) is 0 Å². The van der Waals surface area contributed by atoms with Gasteiger partial charge in [-0.3, -0.25) is 0 Å². The van der Waals surface area contributed by atoms with Crippen LogP contribution in [0, 0.1) is 12.3 Å². The molecule has 0 spiro atoms. The minimum absolute atomic E-state index is 0.431. The molecule has 7 heavy (non-hydrogen) atoms. The van der Waals surface area contributed by atoms with Gasteiger partial charge in [-0.1, -0.05) is 13.8 Å². The maximum absolute atomic E-state index is 4.99. The summed E-state index contributed by atoms with van der Waals surface area (Å²) in [6.07, 6.45) is 1.01. The molecule has 0 saturated carbocycles. The summed E-state index contributed by atoms with van der Waals surface area (Å²) in [5.41, 5.74) is 0.431. The third kappa shape index (κ3) is 0.778. The highest BCUT2D eigenvalue weighted by Crippen LogP contribution is 2.29. The molecule has 1 nitrogen and oxygen atoms in total. The van der Waals surface area contributed by atoms with Crippen LogP contribution in [-0.4, -0.2) is 13.2 Å². The van der Waals surface area contributed by atoms with Crippen molar-refractivity contribution in [3.8, 4) is 0 Å². The summed E-state index contributed by atoms with van der Waals surface area (Å²) < 4.78 is 4.99. The third-order valence-electron chi connectivity index (χ3n) is 1.50. The van der Waals surface area contributed by atoms with Crippen molar-refractivity contribution in [2.45, 2.75) is 13.3 Å². The van der Waals surface area contributed by atoms with Crippen LogP contribution in [0.5, 0.6) is 0 Å². The average molecular weight is 99.2 g/mol. The van der Waals surface area contributed by atoms with E-state index in [-0.39, 0.29) is 0 Å². The SMILES string of the molecule is [CH2]CC1(C)COC1. The highest BCUT2D eigenvalue weighted by atomic mass is 16.5. The lowest BCUT2D eigenvalue weighted by Gasteiger charge is -2.36. The predicted octanol–water partition coefficient (Wildman–Crippen LogP) is 1.25. The van der Waals surface area contributed by atoms with Gasteiger partial charge in [-0.2, -0.15) is 0 Å². The van der Waals surface area contributed by atoms with Crippen molar-refractivity contribution in [3.05, 3.63) is 6.92 Å². The summed E-state index contributed by atoms with van der Waals surface area (Å²) in [6, 6.07) is 0. The molecule has 0 atom stereocenters. The van der Waals surface area contributed by atoms with E-state index < -0.39 is 0 Å².